The fraction of sp³-hybridized carbons (Fsp3) is 0.727. The maximum Gasteiger partial charge on any atom is 0.303 e. The van der Waals surface area contributed by atoms with E-state index in [9.17, 15) is 14.7 Å². The minimum absolute atomic E-state index is 0.00833. The van der Waals surface area contributed by atoms with Crippen molar-refractivity contribution in [3.8, 4) is 0 Å². The van der Waals surface area contributed by atoms with Gasteiger partial charge in [-0.25, -0.2) is 0 Å². The van der Waals surface area contributed by atoms with Crippen LogP contribution in [0.25, 0.3) is 0 Å². The predicted octanol–water partition coefficient (Wildman–Crippen LogP) is 4.92. The third-order valence-electron chi connectivity index (χ3n) is 5.27. The molecule has 4 unspecified atom stereocenters. The fourth-order valence-corrected chi connectivity index (χ4v) is 3.57. The summed E-state index contributed by atoms with van der Waals surface area (Å²) in [5.41, 5.74) is 0. The van der Waals surface area contributed by atoms with Gasteiger partial charge in [0.1, 0.15) is 0 Å². The number of aliphatic hydroxyl groups excluding tert-OH is 1. The van der Waals surface area contributed by atoms with Crippen molar-refractivity contribution >= 4 is 11.8 Å². The third-order valence-corrected chi connectivity index (χ3v) is 5.27. The van der Waals surface area contributed by atoms with Crippen LogP contribution in [0.1, 0.15) is 78.1 Å². The lowest BCUT2D eigenvalue weighted by Gasteiger charge is -2.21. The van der Waals surface area contributed by atoms with Gasteiger partial charge < -0.3 is 10.2 Å². The SMILES string of the molecule is CCCCC(C)CC/C=C/C1C=CC(=O)C1C(O)CCCCCC(=O)O. The molecule has 0 saturated heterocycles. The van der Waals surface area contributed by atoms with E-state index in [1.54, 1.807) is 6.08 Å². The van der Waals surface area contributed by atoms with Gasteiger partial charge in [-0.3, -0.25) is 9.59 Å². The van der Waals surface area contributed by atoms with Crippen LogP contribution in [0.2, 0.25) is 0 Å². The normalized spacial score (nSPS) is 22.2. The Labute approximate surface area is 158 Å². The Hall–Kier alpha value is -1.42. The summed E-state index contributed by atoms with van der Waals surface area (Å²) in [5.74, 6) is -0.429. The molecular weight excluding hydrogens is 328 g/mol. The molecule has 2 N–H and O–H groups in total. The number of rotatable bonds is 14. The number of carboxylic acids is 1. The standard InChI is InChI=1S/C22H36O4/c1-3-4-10-17(2)11-8-9-12-18-15-16-20(24)22(18)19(23)13-6-5-7-14-21(25)26/h9,12,15-19,22-23H,3-8,10-11,13-14H2,1-2H3,(H,25,26)/b12-9+. The molecule has 0 bridgehead atoms. The highest BCUT2D eigenvalue weighted by molar-refractivity contribution is 5.95. The average Bonchev–Trinajstić information content (AvgIpc) is 2.96. The minimum Gasteiger partial charge on any atom is -0.481 e. The molecule has 26 heavy (non-hydrogen) atoms. The zero-order valence-electron chi connectivity index (χ0n) is 16.4. The fourth-order valence-electron chi connectivity index (χ4n) is 3.57. The molecule has 148 valence electrons. The van der Waals surface area contributed by atoms with Gasteiger partial charge in [0.25, 0.3) is 0 Å². The molecule has 4 atom stereocenters. The zero-order valence-corrected chi connectivity index (χ0v) is 16.4. The molecule has 0 aromatic carbocycles. The molecule has 0 aromatic heterocycles. The monoisotopic (exact) mass is 364 g/mol. The van der Waals surface area contributed by atoms with Crippen molar-refractivity contribution < 1.29 is 19.8 Å². The first kappa shape index (κ1) is 22.6. The zero-order chi connectivity index (χ0) is 19.4. The second kappa shape index (κ2) is 12.9. The molecule has 0 aliphatic heterocycles. The van der Waals surface area contributed by atoms with Crippen molar-refractivity contribution in [2.45, 2.75) is 84.2 Å². The Balaban J connectivity index is 2.35. The van der Waals surface area contributed by atoms with Gasteiger partial charge >= 0.3 is 5.97 Å². The highest BCUT2D eigenvalue weighted by Gasteiger charge is 2.34. The maximum atomic E-state index is 12.1. The predicted molar refractivity (Wildman–Crippen MR) is 105 cm³/mol. The minimum atomic E-state index is -0.782. The van der Waals surface area contributed by atoms with Crippen molar-refractivity contribution in [2.75, 3.05) is 0 Å². The summed E-state index contributed by atoms with van der Waals surface area (Å²) in [6.07, 6.45) is 15.9. The van der Waals surface area contributed by atoms with E-state index in [2.05, 4.69) is 26.0 Å². The van der Waals surface area contributed by atoms with Crippen molar-refractivity contribution in [3.05, 3.63) is 24.3 Å². The Morgan fingerprint density at radius 3 is 2.65 bits per heavy atom. The largest absolute Gasteiger partial charge is 0.481 e. The Bertz CT molecular complexity index is 481. The van der Waals surface area contributed by atoms with Crippen molar-refractivity contribution in [1.82, 2.24) is 0 Å². The molecule has 0 spiro atoms. The molecule has 4 heteroatoms. The van der Waals surface area contributed by atoms with Crippen LogP contribution in [0, 0.1) is 17.8 Å². The topological polar surface area (TPSA) is 74.6 Å². The van der Waals surface area contributed by atoms with E-state index in [0.717, 1.165) is 31.6 Å². The van der Waals surface area contributed by atoms with E-state index >= 15 is 0 Å². The van der Waals surface area contributed by atoms with E-state index in [1.807, 2.05) is 6.08 Å². The van der Waals surface area contributed by atoms with E-state index in [0.29, 0.717) is 12.8 Å². The molecule has 1 rings (SSSR count). The van der Waals surface area contributed by atoms with Crippen LogP contribution in [0.15, 0.2) is 24.3 Å². The number of carbonyl (C=O) groups excluding carboxylic acids is 1. The Morgan fingerprint density at radius 1 is 1.19 bits per heavy atom. The number of allylic oxidation sites excluding steroid dienone is 4. The van der Waals surface area contributed by atoms with Crippen molar-refractivity contribution in [2.24, 2.45) is 17.8 Å². The molecule has 0 aromatic rings. The van der Waals surface area contributed by atoms with Crippen LogP contribution in [0.3, 0.4) is 0 Å². The molecule has 0 heterocycles. The number of aliphatic hydroxyl groups is 1. The quantitative estimate of drug-likeness (QED) is 0.339. The molecule has 1 aliphatic carbocycles. The summed E-state index contributed by atoms with van der Waals surface area (Å²) in [7, 11) is 0. The van der Waals surface area contributed by atoms with Crippen molar-refractivity contribution in [3.63, 3.8) is 0 Å². The molecule has 0 radical (unpaired) electrons. The lowest BCUT2D eigenvalue weighted by atomic mass is 9.86. The summed E-state index contributed by atoms with van der Waals surface area (Å²) in [6, 6.07) is 0. The summed E-state index contributed by atoms with van der Waals surface area (Å²) >= 11 is 0. The molecular formula is C22H36O4. The molecule has 0 fully saturated rings. The first-order valence-corrected chi connectivity index (χ1v) is 10.2. The number of aliphatic carboxylic acids is 1. The van der Waals surface area contributed by atoms with Gasteiger partial charge in [-0.1, -0.05) is 64.2 Å². The van der Waals surface area contributed by atoms with E-state index in [1.165, 1.54) is 19.3 Å². The van der Waals surface area contributed by atoms with Gasteiger partial charge in [0.15, 0.2) is 5.78 Å². The molecule has 0 saturated carbocycles. The molecule has 4 nitrogen and oxygen atoms in total. The number of unbranched alkanes of at least 4 members (excludes halogenated alkanes) is 3. The smallest absolute Gasteiger partial charge is 0.303 e. The van der Waals surface area contributed by atoms with Crippen LogP contribution >= 0.6 is 0 Å². The van der Waals surface area contributed by atoms with E-state index in [4.69, 9.17) is 5.11 Å². The van der Waals surface area contributed by atoms with E-state index in [-0.39, 0.29) is 24.0 Å². The average molecular weight is 365 g/mol. The van der Waals surface area contributed by atoms with Crippen LogP contribution in [0.4, 0.5) is 0 Å². The highest BCUT2D eigenvalue weighted by atomic mass is 16.4. The highest BCUT2D eigenvalue weighted by Crippen LogP contribution is 2.29. The number of hydrogen-bond donors (Lipinski definition) is 2. The first-order chi connectivity index (χ1) is 12.5. The second-order valence-electron chi connectivity index (χ2n) is 7.68. The maximum absolute atomic E-state index is 12.1. The summed E-state index contributed by atoms with van der Waals surface area (Å²) in [4.78, 5) is 22.6. The van der Waals surface area contributed by atoms with Gasteiger partial charge in [0, 0.05) is 12.3 Å². The van der Waals surface area contributed by atoms with Crippen LogP contribution in [0.5, 0.6) is 0 Å². The second-order valence-corrected chi connectivity index (χ2v) is 7.68. The first-order valence-electron chi connectivity index (χ1n) is 10.2. The molecule has 1 aliphatic rings. The van der Waals surface area contributed by atoms with Gasteiger partial charge in [-0.05, 0) is 37.7 Å². The Kier molecular flexibility index (Phi) is 11.2. The summed E-state index contributed by atoms with van der Waals surface area (Å²) in [5, 5.41) is 19.1. The number of ketones is 1. The van der Waals surface area contributed by atoms with Gasteiger partial charge in [-0.15, -0.1) is 0 Å². The van der Waals surface area contributed by atoms with Crippen LogP contribution in [-0.2, 0) is 9.59 Å². The number of carbonyl (C=O) groups is 2. The summed E-state index contributed by atoms with van der Waals surface area (Å²) < 4.78 is 0. The van der Waals surface area contributed by atoms with Crippen LogP contribution in [-0.4, -0.2) is 28.1 Å². The van der Waals surface area contributed by atoms with E-state index < -0.39 is 12.1 Å². The lowest BCUT2D eigenvalue weighted by molar-refractivity contribution is -0.137. The number of carboxylic acid groups (broad SMARTS) is 1. The number of hydrogen-bond acceptors (Lipinski definition) is 3. The lowest BCUT2D eigenvalue weighted by Crippen LogP contribution is -2.29. The van der Waals surface area contributed by atoms with Gasteiger partial charge in [-0.2, -0.15) is 0 Å². The van der Waals surface area contributed by atoms with Crippen molar-refractivity contribution in [1.29, 1.82) is 0 Å². The van der Waals surface area contributed by atoms with Gasteiger partial charge in [0.2, 0.25) is 0 Å². The molecule has 0 amide bonds. The van der Waals surface area contributed by atoms with Crippen LogP contribution < -0.4 is 0 Å². The van der Waals surface area contributed by atoms with Gasteiger partial charge in [0.05, 0.1) is 12.0 Å². The third kappa shape index (κ3) is 8.79. The Morgan fingerprint density at radius 2 is 1.96 bits per heavy atom. The summed E-state index contributed by atoms with van der Waals surface area (Å²) in [6.45, 7) is 4.51.